The van der Waals surface area contributed by atoms with Crippen molar-refractivity contribution in [2.45, 2.75) is 37.9 Å². The van der Waals surface area contributed by atoms with E-state index in [1.165, 1.54) is 4.90 Å². The van der Waals surface area contributed by atoms with Crippen LogP contribution in [0.15, 0.2) is 15.9 Å². The molecule has 0 aromatic carbocycles. The smallest absolute Gasteiger partial charge is 0.247 e. The van der Waals surface area contributed by atoms with Gasteiger partial charge in [-0.25, -0.2) is 0 Å². The van der Waals surface area contributed by atoms with Crippen molar-refractivity contribution >= 4 is 39.1 Å². The van der Waals surface area contributed by atoms with Crippen LogP contribution < -0.4 is 5.32 Å². The summed E-state index contributed by atoms with van der Waals surface area (Å²) in [6.45, 7) is 0.637. The van der Waals surface area contributed by atoms with Gasteiger partial charge in [-0.1, -0.05) is 0 Å². The molecule has 0 radical (unpaired) electrons. The molecule has 1 unspecified atom stereocenters. The van der Waals surface area contributed by atoms with Gasteiger partial charge < -0.3 is 5.32 Å². The number of thiophene rings is 1. The fourth-order valence-electron chi connectivity index (χ4n) is 2.20. The maximum atomic E-state index is 12.1. The third-order valence-electron chi connectivity index (χ3n) is 3.25. The normalized spacial score (nSPS) is 24.1. The standard InChI is InChI=1S/C12H13BrN2O2S/c13-10-4-3-8(18-10)6-14-9-5-11(16)15(12(9)17)7-1-2-7/h3-4,7,9,14H,1-2,5-6H2. The van der Waals surface area contributed by atoms with Gasteiger partial charge >= 0.3 is 0 Å². The van der Waals surface area contributed by atoms with Crippen molar-refractivity contribution in [1.29, 1.82) is 0 Å². The Morgan fingerprint density at radius 3 is 2.78 bits per heavy atom. The van der Waals surface area contributed by atoms with Crippen molar-refractivity contribution in [1.82, 2.24) is 10.2 Å². The Hall–Kier alpha value is -0.720. The summed E-state index contributed by atoms with van der Waals surface area (Å²) in [7, 11) is 0. The molecule has 0 spiro atoms. The Kier molecular flexibility index (Phi) is 3.25. The lowest BCUT2D eigenvalue weighted by atomic mass is 10.2. The first-order valence-electron chi connectivity index (χ1n) is 5.98. The van der Waals surface area contributed by atoms with Gasteiger partial charge in [0.25, 0.3) is 0 Å². The second kappa shape index (κ2) is 4.75. The molecule has 2 aliphatic rings. The zero-order valence-electron chi connectivity index (χ0n) is 9.69. The summed E-state index contributed by atoms with van der Waals surface area (Å²) in [4.78, 5) is 26.4. The van der Waals surface area contributed by atoms with Crippen molar-refractivity contribution in [3.63, 3.8) is 0 Å². The molecule has 6 heteroatoms. The van der Waals surface area contributed by atoms with Crippen molar-refractivity contribution < 1.29 is 9.59 Å². The largest absolute Gasteiger partial charge is 0.300 e. The lowest BCUT2D eigenvalue weighted by molar-refractivity contribution is -0.139. The molecule has 2 amide bonds. The fourth-order valence-corrected chi connectivity index (χ4v) is 3.63. The van der Waals surface area contributed by atoms with Crippen LogP contribution in [0.25, 0.3) is 0 Å². The van der Waals surface area contributed by atoms with Crippen LogP contribution in [0.4, 0.5) is 0 Å². The topological polar surface area (TPSA) is 49.4 Å². The summed E-state index contributed by atoms with van der Waals surface area (Å²) in [6, 6.07) is 3.85. The number of carbonyl (C=O) groups excluding carboxylic acids is 2. The monoisotopic (exact) mass is 328 g/mol. The highest BCUT2D eigenvalue weighted by atomic mass is 79.9. The van der Waals surface area contributed by atoms with E-state index < -0.39 is 0 Å². The molecule has 0 bridgehead atoms. The molecule has 2 fully saturated rings. The predicted octanol–water partition coefficient (Wildman–Crippen LogP) is 1.89. The number of amides is 2. The predicted molar refractivity (Wildman–Crippen MR) is 72.1 cm³/mol. The number of hydrogen-bond acceptors (Lipinski definition) is 4. The fraction of sp³-hybridized carbons (Fsp3) is 0.500. The molecule has 1 atom stereocenters. The molecule has 1 saturated heterocycles. The van der Waals surface area contributed by atoms with E-state index in [0.29, 0.717) is 13.0 Å². The van der Waals surface area contributed by atoms with Crippen molar-refractivity contribution in [2.75, 3.05) is 0 Å². The molecule has 1 aromatic rings. The average molecular weight is 329 g/mol. The SMILES string of the molecule is O=C1CC(NCc2ccc(Br)s2)C(=O)N1C1CC1. The van der Waals surface area contributed by atoms with Crippen LogP contribution in [-0.2, 0) is 16.1 Å². The van der Waals surface area contributed by atoms with Gasteiger partial charge in [0.2, 0.25) is 11.8 Å². The minimum Gasteiger partial charge on any atom is -0.300 e. The van der Waals surface area contributed by atoms with Crippen LogP contribution >= 0.6 is 27.3 Å². The molecule has 1 aromatic heterocycles. The van der Waals surface area contributed by atoms with Crippen LogP contribution in [0.3, 0.4) is 0 Å². The second-order valence-corrected chi connectivity index (χ2v) is 7.22. The van der Waals surface area contributed by atoms with E-state index in [4.69, 9.17) is 0 Å². The number of nitrogens with zero attached hydrogens (tertiary/aromatic N) is 1. The van der Waals surface area contributed by atoms with Crippen molar-refractivity contribution in [2.24, 2.45) is 0 Å². The highest BCUT2D eigenvalue weighted by Gasteiger charge is 2.45. The summed E-state index contributed by atoms with van der Waals surface area (Å²) < 4.78 is 1.08. The number of imide groups is 1. The third-order valence-corrected chi connectivity index (χ3v) is 4.87. The zero-order valence-corrected chi connectivity index (χ0v) is 12.1. The first-order chi connectivity index (χ1) is 8.65. The van der Waals surface area contributed by atoms with Gasteiger partial charge in [0.1, 0.15) is 0 Å². The van der Waals surface area contributed by atoms with E-state index in [1.54, 1.807) is 11.3 Å². The molecule has 96 valence electrons. The Labute approximate surface area is 117 Å². The van der Waals surface area contributed by atoms with E-state index in [2.05, 4.69) is 21.2 Å². The molecule has 18 heavy (non-hydrogen) atoms. The van der Waals surface area contributed by atoms with E-state index in [1.807, 2.05) is 12.1 Å². The first kappa shape index (κ1) is 12.3. The maximum absolute atomic E-state index is 12.1. The molecular formula is C12H13BrN2O2S. The van der Waals surface area contributed by atoms with Crippen molar-refractivity contribution in [3.05, 3.63) is 20.8 Å². The lowest BCUT2D eigenvalue weighted by Crippen LogP contribution is -2.39. The highest BCUT2D eigenvalue weighted by Crippen LogP contribution is 2.31. The van der Waals surface area contributed by atoms with E-state index in [9.17, 15) is 9.59 Å². The Morgan fingerprint density at radius 1 is 1.39 bits per heavy atom. The average Bonchev–Trinajstić information content (AvgIpc) is 3.00. The summed E-state index contributed by atoms with van der Waals surface area (Å²) >= 11 is 5.04. The summed E-state index contributed by atoms with van der Waals surface area (Å²) in [5, 5.41) is 3.18. The van der Waals surface area contributed by atoms with Gasteiger partial charge in [0.15, 0.2) is 0 Å². The molecular weight excluding hydrogens is 316 g/mol. The number of carbonyl (C=O) groups is 2. The van der Waals surface area contributed by atoms with Gasteiger partial charge in [0, 0.05) is 17.5 Å². The van der Waals surface area contributed by atoms with Crippen molar-refractivity contribution in [3.8, 4) is 0 Å². The Balaban J connectivity index is 1.60. The number of halogens is 1. The third kappa shape index (κ3) is 2.37. The van der Waals surface area contributed by atoms with E-state index >= 15 is 0 Å². The van der Waals surface area contributed by atoms with Gasteiger partial charge in [-0.3, -0.25) is 14.5 Å². The number of hydrogen-bond donors (Lipinski definition) is 1. The minimum atomic E-state index is -0.334. The van der Waals surface area contributed by atoms with Crippen LogP contribution in [0.5, 0.6) is 0 Å². The maximum Gasteiger partial charge on any atom is 0.247 e. The van der Waals surface area contributed by atoms with Crippen LogP contribution in [0.1, 0.15) is 24.1 Å². The quantitative estimate of drug-likeness (QED) is 0.859. The molecule has 2 heterocycles. The van der Waals surface area contributed by atoms with E-state index in [0.717, 1.165) is 21.5 Å². The van der Waals surface area contributed by atoms with Gasteiger partial charge in [-0.15, -0.1) is 11.3 Å². The molecule has 1 saturated carbocycles. The number of likely N-dealkylation sites (tertiary alicyclic amines) is 1. The van der Waals surface area contributed by atoms with Gasteiger partial charge in [0.05, 0.1) is 16.2 Å². The lowest BCUT2D eigenvalue weighted by Gasteiger charge is -2.14. The molecule has 1 N–H and O–H groups in total. The number of nitrogens with one attached hydrogen (secondary N) is 1. The van der Waals surface area contributed by atoms with E-state index in [-0.39, 0.29) is 23.9 Å². The molecule has 1 aliphatic heterocycles. The van der Waals surface area contributed by atoms with Crippen LogP contribution in [0, 0.1) is 0 Å². The zero-order chi connectivity index (χ0) is 12.7. The Bertz CT molecular complexity index is 498. The summed E-state index contributed by atoms with van der Waals surface area (Å²) in [5.74, 6) is -0.0644. The van der Waals surface area contributed by atoms with Crippen LogP contribution in [0.2, 0.25) is 0 Å². The Morgan fingerprint density at radius 2 is 2.17 bits per heavy atom. The summed E-state index contributed by atoms with van der Waals surface area (Å²) in [5.41, 5.74) is 0. The first-order valence-corrected chi connectivity index (χ1v) is 7.59. The van der Waals surface area contributed by atoms with Gasteiger partial charge in [-0.2, -0.15) is 0 Å². The van der Waals surface area contributed by atoms with Crippen LogP contribution in [-0.4, -0.2) is 28.8 Å². The number of rotatable bonds is 4. The highest BCUT2D eigenvalue weighted by molar-refractivity contribution is 9.11. The minimum absolute atomic E-state index is 0.0210. The molecule has 4 nitrogen and oxygen atoms in total. The molecule has 1 aliphatic carbocycles. The van der Waals surface area contributed by atoms with Gasteiger partial charge in [-0.05, 0) is 40.9 Å². The summed E-state index contributed by atoms with van der Waals surface area (Å²) in [6.07, 6.45) is 2.26. The second-order valence-electron chi connectivity index (χ2n) is 4.68. The molecule has 3 rings (SSSR count).